The molecule has 0 aliphatic carbocycles. The van der Waals surface area contributed by atoms with Gasteiger partial charge >= 0.3 is 29.8 Å². The topological polar surface area (TPSA) is 168 Å². The Morgan fingerprint density at radius 2 is 0.541 bits per heavy atom. The van der Waals surface area contributed by atoms with E-state index in [0.29, 0.717) is 0 Å². The number of carbonyl (C=O) groups is 5. The van der Waals surface area contributed by atoms with Crippen LogP contribution in [0, 0.1) is 0 Å². The molecule has 0 aliphatic heterocycles. The normalized spacial score (nSPS) is 7.35. The lowest BCUT2D eigenvalue weighted by molar-refractivity contribution is -0.159. The van der Waals surface area contributed by atoms with E-state index in [2.05, 4.69) is 42.6 Å². The maximum absolute atomic E-state index is 10.5. The molecule has 0 aromatic rings. The van der Waals surface area contributed by atoms with Gasteiger partial charge in [0, 0.05) is 28.4 Å². The number of carbonyl (C=O) groups excluding carboxylic acids is 5. The standard InChI is InChI=1S/C6H10O5.3C4H8O3.5CH4/c1-9-3-6(8)11-4-5(7)10-2;3*1-6-3-4(5)7-2;;;;;/h3-4H2,1-2H3;3*3H2,1-2H3;5*1H4. The molecule has 0 saturated carbocycles. The summed E-state index contributed by atoms with van der Waals surface area (Å²) < 4.78 is 39.0. The van der Waals surface area contributed by atoms with Crippen molar-refractivity contribution in [3.05, 3.63) is 0 Å². The molecule has 0 aromatic carbocycles. The maximum atomic E-state index is 10.5. The Kier molecular flexibility index (Phi) is 80.4. The molecule has 0 saturated heterocycles. The molecule has 0 rings (SSSR count). The van der Waals surface area contributed by atoms with Crippen LogP contribution in [0.3, 0.4) is 0 Å². The van der Waals surface area contributed by atoms with Crippen molar-refractivity contribution in [3.63, 3.8) is 0 Å². The number of rotatable bonds is 10. The molecule has 0 bridgehead atoms. The third-order valence-corrected chi connectivity index (χ3v) is 2.31. The summed E-state index contributed by atoms with van der Waals surface area (Å²) in [6.07, 6.45) is 0. The van der Waals surface area contributed by atoms with Crippen molar-refractivity contribution >= 4 is 29.8 Å². The lowest BCUT2D eigenvalue weighted by Gasteiger charge is -2.01. The minimum Gasteiger partial charge on any atom is -0.467 e. The second-order valence-corrected chi connectivity index (χ2v) is 4.70. The van der Waals surface area contributed by atoms with Crippen LogP contribution in [0.1, 0.15) is 37.1 Å². The molecule has 0 spiro atoms. The van der Waals surface area contributed by atoms with Crippen LogP contribution < -0.4 is 0 Å². The highest BCUT2D eigenvalue weighted by atomic mass is 16.6. The zero-order valence-electron chi connectivity index (χ0n) is 19.8. The fourth-order valence-electron chi connectivity index (χ4n) is 0.888. The van der Waals surface area contributed by atoms with Crippen LogP contribution in [-0.2, 0) is 66.6 Å². The van der Waals surface area contributed by atoms with Crippen LogP contribution in [0.5, 0.6) is 0 Å². The fourth-order valence-corrected chi connectivity index (χ4v) is 0.888. The summed E-state index contributed by atoms with van der Waals surface area (Å²) in [5.74, 6) is -2.21. The first-order valence-electron chi connectivity index (χ1n) is 8.52. The van der Waals surface area contributed by atoms with Crippen LogP contribution in [0.2, 0.25) is 0 Å². The second kappa shape index (κ2) is 50.1. The Labute approximate surface area is 224 Å². The summed E-state index contributed by atoms with van der Waals surface area (Å²) in [5.41, 5.74) is 0. The predicted molar refractivity (Wildman–Crippen MR) is 140 cm³/mol. The van der Waals surface area contributed by atoms with Gasteiger partial charge in [-0.3, -0.25) is 0 Å². The van der Waals surface area contributed by atoms with Gasteiger partial charge in [-0.25, -0.2) is 24.0 Å². The summed E-state index contributed by atoms with van der Waals surface area (Å²) in [5, 5.41) is 0. The van der Waals surface area contributed by atoms with E-state index >= 15 is 0 Å². The lowest BCUT2D eigenvalue weighted by atomic mass is 10.7. The van der Waals surface area contributed by atoms with Crippen molar-refractivity contribution in [1.29, 1.82) is 0 Å². The molecule has 0 N–H and O–H groups in total. The van der Waals surface area contributed by atoms with Crippen LogP contribution in [0.4, 0.5) is 0 Å². The first-order valence-corrected chi connectivity index (χ1v) is 8.52. The predicted octanol–water partition coefficient (Wildman–Crippen LogP) is 1.95. The average Bonchev–Trinajstić information content (AvgIpc) is 2.79. The minimum absolute atomic E-state index is 0. The minimum atomic E-state index is -0.588. The van der Waals surface area contributed by atoms with Gasteiger partial charge in [-0.2, -0.15) is 0 Å². The van der Waals surface area contributed by atoms with Crippen molar-refractivity contribution in [2.75, 3.05) is 89.9 Å². The first-order chi connectivity index (χ1) is 15.1. The van der Waals surface area contributed by atoms with Gasteiger partial charge in [0.15, 0.2) is 6.61 Å². The van der Waals surface area contributed by atoms with E-state index in [9.17, 15) is 24.0 Å². The average molecular weight is 555 g/mol. The number of hydrogen-bond acceptors (Lipinski definition) is 14. The van der Waals surface area contributed by atoms with E-state index in [-0.39, 0.29) is 88.1 Å². The van der Waals surface area contributed by atoms with Crippen LogP contribution in [0.15, 0.2) is 0 Å². The molecule has 0 aliphatic rings. The SMILES string of the molecule is C.C.C.C.C.COCC(=O)OC.COCC(=O)OC.COCC(=O)OC.COCC(=O)OCC(=O)OC. The van der Waals surface area contributed by atoms with E-state index in [1.54, 1.807) is 0 Å². The number of ether oxygens (including phenoxy) is 9. The Balaban J connectivity index is -0.0000000394. The molecule has 0 atom stereocenters. The molecule has 230 valence electrons. The van der Waals surface area contributed by atoms with E-state index in [1.807, 2.05) is 0 Å². The first kappa shape index (κ1) is 59.4. The number of esters is 5. The Morgan fingerprint density at radius 1 is 0.351 bits per heavy atom. The molecule has 0 unspecified atom stereocenters. The van der Waals surface area contributed by atoms with Crippen LogP contribution in [0.25, 0.3) is 0 Å². The number of methoxy groups -OCH3 is 8. The van der Waals surface area contributed by atoms with Gasteiger partial charge in [0.05, 0.1) is 28.4 Å². The smallest absolute Gasteiger partial charge is 0.344 e. The van der Waals surface area contributed by atoms with Crippen LogP contribution in [-0.4, -0.2) is 120 Å². The van der Waals surface area contributed by atoms with Gasteiger partial charge in [-0.1, -0.05) is 37.1 Å². The maximum Gasteiger partial charge on any atom is 0.344 e. The molecular weight excluding hydrogens is 500 g/mol. The van der Waals surface area contributed by atoms with E-state index in [1.165, 1.54) is 56.9 Å². The van der Waals surface area contributed by atoms with Crippen molar-refractivity contribution in [1.82, 2.24) is 0 Å². The van der Waals surface area contributed by atoms with Gasteiger partial charge in [0.25, 0.3) is 0 Å². The van der Waals surface area contributed by atoms with Gasteiger partial charge in [0.1, 0.15) is 26.4 Å². The lowest BCUT2D eigenvalue weighted by Crippen LogP contribution is -2.17. The number of hydrogen-bond donors (Lipinski definition) is 0. The van der Waals surface area contributed by atoms with E-state index < -0.39 is 11.9 Å². The molecule has 14 heteroatoms. The zero-order chi connectivity index (χ0) is 25.8. The quantitative estimate of drug-likeness (QED) is 0.283. The molecule has 0 aromatic heterocycles. The van der Waals surface area contributed by atoms with Crippen molar-refractivity contribution in [2.24, 2.45) is 0 Å². The zero-order valence-corrected chi connectivity index (χ0v) is 19.8. The van der Waals surface area contributed by atoms with E-state index in [4.69, 9.17) is 0 Å². The summed E-state index contributed by atoms with van der Waals surface area (Å²) in [6, 6.07) is 0. The highest BCUT2D eigenvalue weighted by molar-refractivity contribution is 5.76. The Hall–Kier alpha value is -2.81. The Bertz CT molecular complexity index is 453. The van der Waals surface area contributed by atoms with Gasteiger partial charge in [-0.15, -0.1) is 0 Å². The summed E-state index contributed by atoms with van der Waals surface area (Å²) >= 11 is 0. The molecule has 0 amide bonds. The van der Waals surface area contributed by atoms with Crippen LogP contribution >= 0.6 is 0 Å². The highest BCUT2D eigenvalue weighted by Crippen LogP contribution is 1.81. The van der Waals surface area contributed by atoms with Gasteiger partial charge in [-0.05, 0) is 0 Å². The summed E-state index contributed by atoms with van der Waals surface area (Å²) in [7, 11) is 10.9. The monoisotopic (exact) mass is 554 g/mol. The molecule has 0 radical (unpaired) electrons. The largest absolute Gasteiger partial charge is 0.467 e. The van der Waals surface area contributed by atoms with Crippen molar-refractivity contribution in [3.8, 4) is 0 Å². The molecule has 37 heavy (non-hydrogen) atoms. The van der Waals surface area contributed by atoms with Crippen molar-refractivity contribution < 1.29 is 66.6 Å². The summed E-state index contributed by atoms with van der Waals surface area (Å²) in [4.78, 5) is 51.1. The summed E-state index contributed by atoms with van der Waals surface area (Å²) in [6.45, 7) is -0.404. The van der Waals surface area contributed by atoms with E-state index in [0.717, 1.165) is 0 Å². The second-order valence-electron chi connectivity index (χ2n) is 4.70. The molecule has 14 nitrogen and oxygen atoms in total. The third-order valence-electron chi connectivity index (χ3n) is 2.31. The Morgan fingerprint density at radius 3 is 0.703 bits per heavy atom. The fraction of sp³-hybridized carbons (Fsp3) is 0.783. The third kappa shape index (κ3) is 65.6. The highest BCUT2D eigenvalue weighted by Gasteiger charge is 2.05. The molecule has 0 fully saturated rings. The molecule has 0 heterocycles. The van der Waals surface area contributed by atoms with Gasteiger partial charge in [0.2, 0.25) is 0 Å². The van der Waals surface area contributed by atoms with Gasteiger partial charge < -0.3 is 42.6 Å². The van der Waals surface area contributed by atoms with Crippen molar-refractivity contribution in [2.45, 2.75) is 37.1 Å². The molecular formula is C23H54O14.